The summed E-state index contributed by atoms with van der Waals surface area (Å²) in [6.07, 6.45) is 0.883. The Morgan fingerprint density at radius 1 is 0.971 bits per heavy atom. The quantitative estimate of drug-likeness (QED) is 0.292. The highest BCUT2D eigenvalue weighted by atomic mass is 79.9. The maximum absolute atomic E-state index is 13.8. The Labute approximate surface area is 211 Å². The van der Waals surface area contributed by atoms with Crippen LogP contribution in [0.15, 0.2) is 74.3 Å². The van der Waals surface area contributed by atoms with Crippen molar-refractivity contribution < 1.29 is 18.7 Å². The molecule has 2 heterocycles. The minimum atomic E-state index is -0.686. The maximum atomic E-state index is 13.8. The van der Waals surface area contributed by atoms with Gasteiger partial charge in [-0.15, -0.1) is 0 Å². The summed E-state index contributed by atoms with van der Waals surface area (Å²) in [5, 5.41) is 0.414. The molecule has 1 atom stereocenters. The third-order valence-corrected chi connectivity index (χ3v) is 6.75. The molecule has 0 saturated heterocycles. The molecule has 178 valence electrons. The van der Waals surface area contributed by atoms with Crippen LogP contribution < -0.4 is 19.8 Å². The molecule has 0 aliphatic carbocycles. The van der Waals surface area contributed by atoms with Crippen molar-refractivity contribution >= 4 is 38.5 Å². The Morgan fingerprint density at radius 3 is 2.43 bits per heavy atom. The van der Waals surface area contributed by atoms with Crippen LogP contribution >= 0.6 is 15.9 Å². The Hall–Kier alpha value is -3.58. The Balaban J connectivity index is 1.77. The molecule has 1 aromatic heterocycles. The van der Waals surface area contributed by atoms with Crippen molar-refractivity contribution in [3.63, 3.8) is 0 Å². The van der Waals surface area contributed by atoms with Gasteiger partial charge in [-0.1, -0.05) is 41.1 Å². The van der Waals surface area contributed by atoms with Gasteiger partial charge in [0, 0.05) is 10.2 Å². The lowest BCUT2D eigenvalue weighted by atomic mass is 9.97. The van der Waals surface area contributed by atoms with E-state index >= 15 is 0 Å². The molecule has 0 fully saturated rings. The van der Waals surface area contributed by atoms with Crippen molar-refractivity contribution in [1.29, 1.82) is 0 Å². The fourth-order valence-corrected chi connectivity index (χ4v) is 4.91. The lowest BCUT2D eigenvalue weighted by molar-refractivity contribution is 0.0971. The van der Waals surface area contributed by atoms with Gasteiger partial charge in [0.05, 0.1) is 30.7 Å². The number of ether oxygens (including phenoxy) is 2. The molecule has 1 aliphatic rings. The topological polar surface area (TPSA) is 69.0 Å². The van der Waals surface area contributed by atoms with E-state index in [-0.39, 0.29) is 17.1 Å². The molecule has 0 saturated carbocycles. The second-order valence-electron chi connectivity index (χ2n) is 8.26. The zero-order valence-corrected chi connectivity index (χ0v) is 21.2. The van der Waals surface area contributed by atoms with Gasteiger partial charge >= 0.3 is 0 Å². The molecule has 7 heteroatoms. The molecule has 0 bridgehead atoms. The van der Waals surface area contributed by atoms with Crippen LogP contribution in [-0.2, 0) is 6.42 Å². The smallest absolute Gasteiger partial charge is 0.295 e. The second-order valence-corrected chi connectivity index (χ2v) is 9.17. The van der Waals surface area contributed by atoms with Crippen molar-refractivity contribution in [3.05, 3.63) is 97.8 Å². The largest absolute Gasteiger partial charge is 0.493 e. The van der Waals surface area contributed by atoms with Crippen molar-refractivity contribution in [3.8, 4) is 11.5 Å². The standard InChI is InChI=1S/C28H24BrNO5/c1-4-16-6-10-19(11-7-16)30-25(17-8-12-22(34-5-2)23(14-17)33-3)24-26(31)20-15-18(29)9-13-21(20)35-27(24)28(30)32/h6-15,25H,4-5H2,1-3H3. The molecular weight excluding hydrogens is 510 g/mol. The first-order valence-corrected chi connectivity index (χ1v) is 12.3. The molecule has 0 radical (unpaired) electrons. The van der Waals surface area contributed by atoms with Gasteiger partial charge in [0.15, 0.2) is 16.9 Å². The molecule has 35 heavy (non-hydrogen) atoms. The van der Waals surface area contributed by atoms with E-state index in [0.29, 0.717) is 40.3 Å². The third-order valence-electron chi connectivity index (χ3n) is 6.26. The van der Waals surface area contributed by atoms with E-state index in [0.717, 1.165) is 22.0 Å². The van der Waals surface area contributed by atoms with Crippen LogP contribution in [0.25, 0.3) is 11.0 Å². The summed E-state index contributed by atoms with van der Waals surface area (Å²) in [5.41, 5.74) is 3.01. The summed E-state index contributed by atoms with van der Waals surface area (Å²) in [6, 6.07) is 17.8. The number of carbonyl (C=O) groups is 1. The second kappa shape index (κ2) is 9.23. The van der Waals surface area contributed by atoms with Gasteiger partial charge in [0.25, 0.3) is 5.91 Å². The van der Waals surface area contributed by atoms with E-state index in [1.165, 1.54) is 0 Å². The van der Waals surface area contributed by atoms with Crippen LogP contribution in [0.2, 0.25) is 0 Å². The number of amides is 1. The van der Waals surface area contributed by atoms with Crippen molar-refractivity contribution in [2.75, 3.05) is 18.6 Å². The highest BCUT2D eigenvalue weighted by Crippen LogP contribution is 2.43. The van der Waals surface area contributed by atoms with Crippen molar-refractivity contribution in [2.24, 2.45) is 0 Å². The fraction of sp³-hybridized carbons (Fsp3) is 0.214. The van der Waals surface area contributed by atoms with Gasteiger partial charge < -0.3 is 13.9 Å². The normalized spacial score (nSPS) is 14.9. The molecule has 0 spiro atoms. The van der Waals surface area contributed by atoms with Gasteiger partial charge in [-0.3, -0.25) is 14.5 Å². The van der Waals surface area contributed by atoms with Crippen LogP contribution in [0, 0.1) is 0 Å². The maximum Gasteiger partial charge on any atom is 0.295 e. The predicted octanol–water partition coefficient (Wildman–Crippen LogP) is 6.28. The van der Waals surface area contributed by atoms with Crippen LogP contribution in [0.5, 0.6) is 11.5 Å². The average Bonchev–Trinajstić information content (AvgIpc) is 3.17. The van der Waals surface area contributed by atoms with Gasteiger partial charge in [0.2, 0.25) is 5.76 Å². The molecule has 1 unspecified atom stereocenters. The summed E-state index contributed by atoms with van der Waals surface area (Å²) in [4.78, 5) is 29.2. The van der Waals surface area contributed by atoms with E-state index < -0.39 is 6.04 Å². The van der Waals surface area contributed by atoms with Crippen LogP contribution in [0.1, 0.15) is 47.1 Å². The van der Waals surface area contributed by atoms with E-state index in [1.807, 2.05) is 43.3 Å². The molecule has 6 nitrogen and oxygen atoms in total. The highest BCUT2D eigenvalue weighted by Gasteiger charge is 2.44. The number of fused-ring (bicyclic) bond motifs is 2. The number of hydrogen-bond donors (Lipinski definition) is 0. The van der Waals surface area contributed by atoms with E-state index in [4.69, 9.17) is 13.9 Å². The first-order chi connectivity index (χ1) is 17.0. The van der Waals surface area contributed by atoms with Crippen LogP contribution in [-0.4, -0.2) is 19.6 Å². The SMILES string of the molecule is CCOc1ccc(C2c3c(oc4ccc(Br)cc4c3=O)C(=O)N2c2ccc(CC)cc2)cc1OC. The molecule has 1 amide bonds. The summed E-state index contributed by atoms with van der Waals surface area (Å²) in [7, 11) is 1.57. The Kier molecular flexibility index (Phi) is 6.11. The number of aryl methyl sites for hydroxylation is 1. The number of rotatable bonds is 6. The number of benzene rings is 3. The van der Waals surface area contributed by atoms with Crippen molar-refractivity contribution in [2.45, 2.75) is 26.3 Å². The Bertz CT molecular complexity index is 1490. The zero-order valence-electron chi connectivity index (χ0n) is 19.6. The van der Waals surface area contributed by atoms with Gasteiger partial charge in [-0.05, 0) is 66.9 Å². The molecule has 3 aromatic carbocycles. The van der Waals surface area contributed by atoms with E-state index in [9.17, 15) is 9.59 Å². The lowest BCUT2D eigenvalue weighted by Crippen LogP contribution is -2.29. The predicted molar refractivity (Wildman–Crippen MR) is 139 cm³/mol. The molecule has 1 aliphatic heterocycles. The first-order valence-electron chi connectivity index (χ1n) is 11.5. The average molecular weight is 534 g/mol. The summed E-state index contributed by atoms with van der Waals surface area (Å²) < 4.78 is 18.0. The van der Waals surface area contributed by atoms with Gasteiger partial charge in [0.1, 0.15) is 5.58 Å². The van der Waals surface area contributed by atoms with Gasteiger partial charge in [-0.25, -0.2) is 0 Å². The first kappa shape index (κ1) is 23.2. The number of halogens is 1. The molecule has 0 N–H and O–H groups in total. The van der Waals surface area contributed by atoms with E-state index in [2.05, 4.69) is 22.9 Å². The number of hydrogen-bond acceptors (Lipinski definition) is 5. The highest BCUT2D eigenvalue weighted by molar-refractivity contribution is 9.10. The molecular formula is C28H24BrNO5. The molecule has 4 aromatic rings. The fourth-order valence-electron chi connectivity index (χ4n) is 4.55. The summed E-state index contributed by atoms with van der Waals surface area (Å²) in [5.74, 6) is 0.822. The van der Waals surface area contributed by atoms with Gasteiger partial charge in [-0.2, -0.15) is 0 Å². The third kappa shape index (κ3) is 3.90. The summed E-state index contributed by atoms with van der Waals surface area (Å²) >= 11 is 3.43. The monoisotopic (exact) mass is 533 g/mol. The lowest BCUT2D eigenvalue weighted by Gasteiger charge is -2.26. The Morgan fingerprint density at radius 2 is 1.74 bits per heavy atom. The van der Waals surface area contributed by atoms with Crippen LogP contribution in [0.3, 0.4) is 0 Å². The zero-order chi connectivity index (χ0) is 24.7. The number of carbonyl (C=O) groups excluding carboxylic acids is 1. The summed E-state index contributed by atoms with van der Waals surface area (Å²) in [6.45, 7) is 4.46. The minimum absolute atomic E-state index is 0.0576. The number of methoxy groups -OCH3 is 1. The van der Waals surface area contributed by atoms with E-state index in [1.54, 1.807) is 36.3 Å². The number of anilines is 1. The van der Waals surface area contributed by atoms with Crippen molar-refractivity contribution in [1.82, 2.24) is 0 Å². The number of nitrogens with zero attached hydrogens (tertiary/aromatic N) is 1. The molecule has 5 rings (SSSR count). The minimum Gasteiger partial charge on any atom is -0.493 e. The van der Waals surface area contributed by atoms with Crippen LogP contribution in [0.4, 0.5) is 5.69 Å².